The Hall–Kier alpha value is -0.650. The smallest absolute Gasteiger partial charge is 0.235 e. The standard InChI is InChI=1S/C9H12N2OS2/c10-8(9(11)12)6-13-14-7-4-2-1-3-5-7/h1-5,8H,6,10H2,(H2,11,12)/t8-/m0/s1. The van der Waals surface area contributed by atoms with E-state index in [1.807, 2.05) is 30.3 Å². The molecule has 0 spiro atoms. The molecule has 0 unspecified atom stereocenters. The first-order chi connectivity index (χ1) is 6.70. The average Bonchev–Trinajstić information content (AvgIpc) is 2.19. The minimum absolute atomic E-state index is 0.453. The summed E-state index contributed by atoms with van der Waals surface area (Å²) in [5.74, 6) is 0.0840. The van der Waals surface area contributed by atoms with Gasteiger partial charge in [0.05, 0.1) is 6.04 Å². The number of hydrogen-bond acceptors (Lipinski definition) is 4. The van der Waals surface area contributed by atoms with Crippen molar-refractivity contribution >= 4 is 27.5 Å². The fourth-order valence-electron chi connectivity index (χ4n) is 0.734. The lowest BCUT2D eigenvalue weighted by atomic mass is 10.4. The Labute approximate surface area is 91.0 Å². The molecule has 0 aromatic heterocycles. The summed E-state index contributed by atoms with van der Waals surface area (Å²) in [6, 6.07) is 9.36. The van der Waals surface area contributed by atoms with Gasteiger partial charge in [-0.1, -0.05) is 39.8 Å². The number of carbonyl (C=O) groups excluding carboxylic acids is 1. The van der Waals surface area contributed by atoms with Gasteiger partial charge in [0, 0.05) is 10.6 Å². The number of amides is 1. The van der Waals surface area contributed by atoms with Gasteiger partial charge in [-0.05, 0) is 12.1 Å². The van der Waals surface area contributed by atoms with E-state index in [2.05, 4.69) is 0 Å². The van der Waals surface area contributed by atoms with Crippen LogP contribution in [0.3, 0.4) is 0 Å². The number of primary amides is 1. The van der Waals surface area contributed by atoms with Crippen molar-refractivity contribution in [1.29, 1.82) is 0 Å². The van der Waals surface area contributed by atoms with Crippen LogP contribution in [-0.2, 0) is 4.79 Å². The third kappa shape index (κ3) is 4.04. The van der Waals surface area contributed by atoms with Crippen molar-refractivity contribution in [2.45, 2.75) is 10.9 Å². The van der Waals surface area contributed by atoms with Crippen molar-refractivity contribution in [2.24, 2.45) is 11.5 Å². The molecule has 3 nitrogen and oxygen atoms in total. The molecule has 5 heteroatoms. The molecule has 1 rings (SSSR count). The molecule has 76 valence electrons. The molecule has 0 aliphatic carbocycles. The minimum atomic E-state index is -0.559. The molecule has 1 atom stereocenters. The lowest BCUT2D eigenvalue weighted by Gasteiger charge is -2.05. The van der Waals surface area contributed by atoms with Crippen LogP contribution in [0.2, 0.25) is 0 Å². The quantitative estimate of drug-likeness (QED) is 0.744. The minimum Gasteiger partial charge on any atom is -0.368 e. The van der Waals surface area contributed by atoms with Crippen LogP contribution in [0.25, 0.3) is 0 Å². The topological polar surface area (TPSA) is 69.1 Å². The molecule has 1 aromatic carbocycles. The molecule has 0 aliphatic rings. The Morgan fingerprint density at radius 2 is 2.00 bits per heavy atom. The molecule has 0 aliphatic heterocycles. The van der Waals surface area contributed by atoms with E-state index in [0.29, 0.717) is 5.75 Å². The van der Waals surface area contributed by atoms with Gasteiger partial charge in [0.2, 0.25) is 5.91 Å². The zero-order chi connectivity index (χ0) is 10.4. The second-order valence-corrected chi connectivity index (χ2v) is 5.10. The molecular formula is C9H12N2OS2. The monoisotopic (exact) mass is 228 g/mol. The van der Waals surface area contributed by atoms with E-state index in [1.165, 1.54) is 10.8 Å². The first-order valence-corrected chi connectivity index (χ1v) is 6.41. The van der Waals surface area contributed by atoms with Gasteiger partial charge in [0.1, 0.15) is 0 Å². The van der Waals surface area contributed by atoms with E-state index in [9.17, 15) is 4.79 Å². The zero-order valence-corrected chi connectivity index (χ0v) is 9.18. The summed E-state index contributed by atoms with van der Waals surface area (Å²) in [7, 11) is 3.13. The molecule has 1 amide bonds. The first-order valence-electron chi connectivity index (χ1n) is 4.09. The van der Waals surface area contributed by atoms with Crippen LogP contribution >= 0.6 is 21.6 Å². The number of rotatable bonds is 5. The first kappa shape index (κ1) is 11.4. The number of carbonyl (C=O) groups is 1. The van der Waals surface area contributed by atoms with Crippen LogP contribution < -0.4 is 11.5 Å². The van der Waals surface area contributed by atoms with Crippen molar-refractivity contribution in [3.05, 3.63) is 30.3 Å². The van der Waals surface area contributed by atoms with E-state index >= 15 is 0 Å². The van der Waals surface area contributed by atoms with Crippen molar-refractivity contribution in [2.75, 3.05) is 5.75 Å². The highest BCUT2D eigenvalue weighted by Crippen LogP contribution is 2.30. The highest BCUT2D eigenvalue weighted by Gasteiger charge is 2.08. The third-order valence-corrected chi connectivity index (χ3v) is 3.93. The summed E-state index contributed by atoms with van der Waals surface area (Å²) in [6.07, 6.45) is 0. The summed E-state index contributed by atoms with van der Waals surface area (Å²) >= 11 is 0. The molecule has 0 bridgehead atoms. The summed E-state index contributed by atoms with van der Waals surface area (Å²) in [6.45, 7) is 0. The maximum Gasteiger partial charge on any atom is 0.235 e. The van der Waals surface area contributed by atoms with E-state index < -0.39 is 11.9 Å². The maximum atomic E-state index is 10.6. The average molecular weight is 228 g/mol. The van der Waals surface area contributed by atoms with Crippen LogP contribution in [0.1, 0.15) is 0 Å². The summed E-state index contributed by atoms with van der Waals surface area (Å²) < 4.78 is 0. The second-order valence-electron chi connectivity index (χ2n) is 2.69. The van der Waals surface area contributed by atoms with Crippen LogP contribution in [0, 0.1) is 0 Å². The van der Waals surface area contributed by atoms with Crippen molar-refractivity contribution in [1.82, 2.24) is 0 Å². The van der Waals surface area contributed by atoms with Gasteiger partial charge < -0.3 is 11.5 Å². The number of nitrogens with two attached hydrogens (primary N) is 2. The normalized spacial score (nSPS) is 12.4. The lowest BCUT2D eigenvalue weighted by molar-refractivity contribution is -0.118. The molecule has 0 fully saturated rings. The van der Waals surface area contributed by atoms with Crippen molar-refractivity contribution in [3.63, 3.8) is 0 Å². The van der Waals surface area contributed by atoms with Gasteiger partial charge in [-0.2, -0.15) is 0 Å². The van der Waals surface area contributed by atoms with Gasteiger partial charge in [-0.15, -0.1) is 0 Å². The summed E-state index contributed by atoms with van der Waals surface area (Å²) in [4.78, 5) is 11.8. The second kappa shape index (κ2) is 5.95. The largest absolute Gasteiger partial charge is 0.368 e. The third-order valence-electron chi connectivity index (χ3n) is 1.51. The van der Waals surface area contributed by atoms with Gasteiger partial charge in [0.15, 0.2) is 0 Å². The van der Waals surface area contributed by atoms with E-state index in [1.54, 1.807) is 10.8 Å². The van der Waals surface area contributed by atoms with Crippen LogP contribution in [0.5, 0.6) is 0 Å². The molecule has 4 N–H and O–H groups in total. The van der Waals surface area contributed by atoms with Crippen molar-refractivity contribution < 1.29 is 4.79 Å². The van der Waals surface area contributed by atoms with Crippen LogP contribution in [0.4, 0.5) is 0 Å². The molecule has 0 saturated carbocycles. The fourth-order valence-corrected chi connectivity index (χ4v) is 2.90. The predicted molar refractivity (Wildman–Crippen MR) is 61.9 cm³/mol. The molecule has 0 radical (unpaired) electrons. The van der Waals surface area contributed by atoms with E-state index in [4.69, 9.17) is 11.5 Å². The number of hydrogen-bond donors (Lipinski definition) is 2. The Morgan fingerprint density at radius 1 is 1.36 bits per heavy atom. The predicted octanol–water partition coefficient (Wildman–Crippen LogP) is 1.24. The molecular weight excluding hydrogens is 216 g/mol. The fraction of sp³-hybridized carbons (Fsp3) is 0.222. The molecule has 14 heavy (non-hydrogen) atoms. The summed E-state index contributed by atoms with van der Waals surface area (Å²) in [5.41, 5.74) is 10.5. The number of benzene rings is 1. The molecule has 0 heterocycles. The Bertz CT molecular complexity index is 292. The molecule has 1 aromatic rings. The van der Waals surface area contributed by atoms with E-state index in [-0.39, 0.29) is 0 Å². The zero-order valence-electron chi connectivity index (χ0n) is 7.55. The highest BCUT2D eigenvalue weighted by molar-refractivity contribution is 8.76. The maximum absolute atomic E-state index is 10.6. The molecule has 0 saturated heterocycles. The summed E-state index contributed by atoms with van der Waals surface area (Å²) in [5, 5.41) is 0. The Kier molecular flexibility index (Phi) is 4.86. The van der Waals surface area contributed by atoms with Gasteiger partial charge in [0.25, 0.3) is 0 Å². The highest BCUT2D eigenvalue weighted by atomic mass is 33.1. The van der Waals surface area contributed by atoms with Crippen LogP contribution in [0.15, 0.2) is 35.2 Å². The Morgan fingerprint density at radius 3 is 2.57 bits per heavy atom. The van der Waals surface area contributed by atoms with Crippen molar-refractivity contribution in [3.8, 4) is 0 Å². The van der Waals surface area contributed by atoms with E-state index in [0.717, 1.165) is 4.90 Å². The lowest BCUT2D eigenvalue weighted by Crippen LogP contribution is -2.38. The van der Waals surface area contributed by atoms with Gasteiger partial charge in [-0.25, -0.2) is 0 Å². The SMILES string of the molecule is NC(=O)[C@@H](N)CSSc1ccccc1. The van der Waals surface area contributed by atoms with Gasteiger partial charge in [-0.3, -0.25) is 4.79 Å². The van der Waals surface area contributed by atoms with Crippen LogP contribution in [-0.4, -0.2) is 17.7 Å². The Balaban J connectivity index is 2.26. The van der Waals surface area contributed by atoms with Gasteiger partial charge >= 0.3 is 0 Å².